The number of carbonyl (C=O) groups excluding carboxylic acids is 1. The van der Waals surface area contributed by atoms with E-state index in [0.717, 1.165) is 4.80 Å². The van der Waals surface area contributed by atoms with Gasteiger partial charge in [-0.2, -0.15) is 10.2 Å². The molecule has 0 unspecified atom stereocenters. The third-order valence-corrected chi connectivity index (χ3v) is 2.40. The number of carbonyl (C=O) groups is 1. The van der Waals surface area contributed by atoms with Crippen LogP contribution < -0.4 is 0 Å². The summed E-state index contributed by atoms with van der Waals surface area (Å²) in [4.78, 5) is 13.1. The largest absolute Gasteiger partial charge is 0.294 e. The molecule has 0 saturated carbocycles. The fourth-order valence-electron chi connectivity index (χ4n) is 1.56. The summed E-state index contributed by atoms with van der Waals surface area (Å²) in [5.41, 5.74) is 0.410. The van der Waals surface area contributed by atoms with E-state index in [-0.39, 0.29) is 17.4 Å². The molecule has 0 aliphatic heterocycles. The van der Waals surface area contributed by atoms with E-state index < -0.39 is 5.82 Å². The Morgan fingerprint density at radius 1 is 1.29 bits per heavy atom. The Morgan fingerprint density at radius 3 is 2.53 bits per heavy atom. The third-order valence-electron chi connectivity index (χ3n) is 2.40. The van der Waals surface area contributed by atoms with Crippen LogP contribution in [-0.4, -0.2) is 20.8 Å². The highest BCUT2D eigenvalue weighted by Crippen LogP contribution is 2.20. The summed E-state index contributed by atoms with van der Waals surface area (Å²) < 4.78 is 13.8. The minimum Gasteiger partial charge on any atom is -0.294 e. The summed E-state index contributed by atoms with van der Waals surface area (Å²) in [5, 5.41) is 7.73. The molecule has 5 heteroatoms. The number of hydrogen-bond acceptors (Lipinski definition) is 3. The molecule has 0 saturated heterocycles. The van der Waals surface area contributed by atoms with E-state index in [1.165, 1.54) is 24.5 Å². The molecule has 0 aliphatic carbocycles. The average molecular weight is 233 g/mol. The van der Waals surface area contributed by atoms with E-state index in [4.69, 9.17) is 0 Å². The van der Waals surface area contributed by atoms with E-state index in [1.807, 2.05) is 0 Å². The summed E-state index contributed by atoms with van der Waals surface area (Å²) >= 11 is 0. The SMILES string of the molecule is CC(C)C(=O)c1cccc(F)c1-n1nccn1. The average Bonchev–Trinajstić information content (AvgIpc) is 2.80. The van der Waals surface area contributed by atoms with Gasteiger partial charge in [0, 0.05) is 11.5 Å². The Morgan fingerprint density at radius 2 is 1.94 bits per heavy atom. The van der Waals surface area contributed by atoms with Crippen LogP contribution in [0.5, 0.6) is 0 Å². The van der Waals surface area contributed by atoms with Crippen LogP contribution in [-0.2, 0) is 0 Å². The molecule has 0 amide bonds. The summed E-state index contributed by atoms with van der Waals surface area (Å²) in [5.74, 6) is -0.837. The van der Waals surface area contributed by atoms with Gasteiger partial charge < -0.3 is 0 Å². The number of rotatable bonds is 3. The lowest BCUT2D eigenvalue weighted by Gasteiger charge is -2.10. The van der Waals surface area contributed by atoms with Gasteiger partial charge in [-0.3, -0.25) is 4.79 Å². The summed E-state index contributed by atoms with van der Waals surface area (Å²) in [6.45, 7) is 3.54. The minimum atomic E-state index is -0.507. The lowest BCUT2D eigenvalue weighted by molar-refractivity contribution is 0.0938. The quantitative estimate of drug-likeness (QED) is 0.764. The van der Waals surface area contributed by atoms with Crippen molar-refractivity contribution in [3.05, 3.63) is 42.0 Å². The summed E-state index contributed by atoms with van der Waals surface area (Å²) in [7, 11) is 0. The molecule has 0 bridgehead atoms. The Kier molecular flexibility index (Phi) is 2.99. The second-order valence-corrected chi connectivity index (χ2v) is 3.97. The highest BCUT2D eigenvalue weighted by molar-refractivity contribution is 6.00. The van der Waals surface area contributed by atoms with E-state index in [9.17, 15) is 9.18 Å². The molecule has 17 heavy (non-hydrogen) atoms. The van der Waals surface area contributed by atoms with Gasteiger partial charge in [0.1, 0.15) is 5.69 Å². The molecule has 4 nitrogen and oxygen atoms in total. The lowest BCUT2D eigenvalue weighted by atomic mass is 9.99. The summed E-state index contributed by atoms with van der Waals surface area (Å²) in [6.07, 6.45) is 2.88. The number of halogens is 1. The normalized spacial score (nSPS) is 10.8. The Hall–Kier alpha value is -2.04. The molecule has 0 aliphatic rings. The van der Waals surface area contributed by atoms with Gasteiger partial charge in [-0.05, 0) is 12.1 Å². The highest BCUT2D eigenvalue weighted by atomic mass is 19.1. The molecule has 2 aromatic rings. The van der Waals surface area contributed by atoms with Crippen molar-refractivity contribution in [2.45, 2.75) is 13.8 Å². The number of hydrogen-bond donors (Lipinski definition) is 0. The Labute approximate surface area is 98.1 Å². The predicted molar refractivity (Wildman–Crippen MR) is 60.5 cm³/mol. The van der Waals surface area contributed by atoms with Crippen LogP contribution >= 0.6 is 0 Å². The number of ketones is 1. The van der Waals surface area contributed by atoms with Crippen molar-refractivity contribution in [2.75, 3.05) is 0 Å². The second-order valence-electron chi connectivity index (χ2n) is 3.97. The van der Waals surface area contributed by atoms with E-state index >= 15 is 0 Å². The van der Waals surface area contributed by atoms with Crippen molar-refractivity contribution in [3.8, 4) is 5.69 Å². The van der Waals surface area contributed by atoms with Crippen LogP contribution in [0.2, 0.25) is 0 Å². The van der Waals surface area contributed by atoms with Crippen LogP contribution in [0.3, 0.4) is 0 Å². The number of para-hydroxylation sites is 1. The van der Waals surface area contributed by atoms with Crippen molar-refractivity contribution >= 4 is 5.78 Å². The van der Waals surface area contributed by atoms with Crippen molar-refractivity contribution in [1.29, 1.82) is 0 Å². The zero-order valence-corrected chi connectivity index (χ0v) is 9.59. The zero-order chi connectivity index (χ0) is 12.4. The summed E-state index contributed by atoms with van der Waals surface area (Å²) in [6, 6.07) is 4.39. The molecule has 0 spiro atoms. The Bertz CT molecular complexity index is 535. The van der Waals surface area contributed by atoms with E-state index in [0.29, 0.717) is 5.56 Å². The maximum atomic E-state index is 13.8. The fraction of sp³-hybridized carbons (Fsp3) is 0.250. The molecule has 0 fully saturated rings. The van der Waals surface area contributed by atoms with Gasteiger partial charge in [0.05, 0.1) is 12.4 Å². The molecule has 88 valence electrons. The van der Waals surface area contributed by atoms with Crippen LogP contribution in [0, 0.1) is 11.7 Å². The first kappa shape index (κ1) is 11.4. The lowest BCUT2D eigenvalue weighted by Crippen LogP contribution is -2.14. The van der Waals surface area contributed by atoms with Gasteiger partial charge in [-0.1, -0.05) is 19.9 Å². The van der Waals surface area contributed by atoms with Crippen molar-refractivity contribution in [2.24, 2.45) is 5.92 Å². The minimum absolute atomic E-state index is 0.108. The predicted octanol–water partition coefficient (Wildman–Crippen LogP) is 2.25. The molecule has 1 aromatic carbocycles. The van der Waals surface area contributed by atoms with Crippen molar-refractivity contribution in [3.63, 3.8) is 0 Å². The Balaban J connectivity index is 2.61. The maximum absolute atomic E-state index is 13.8. The molecule has 1 aromatic heterocycles. The molecular weight excluding hydrogens is 221 g/mol. The van der Waals surface area contributed by atoms with Gasteiger partial charge in [0.25, 0.3) is 0 Å². The van der Waals surface area contributed by atoms with E-state index in [2.05, 4.69) is 10.2 Å². The van der Waals surface area contributed by atoms with Crippen LogP contribution in [0.15, 0.2) is 30.6 Å². The van der Waals surface area contributed by atoms with Crippen LogP contribution in [0.1, 0.15) is 24.2 Å². The molecule has 0 radical (unpaired) electrons. The van der Waals surface area contributed by atoms with Gasteiger partial charge in [-0.25, -0.2) is 4.39 Å². The highest BCUT2D eigenvalue weighted by Gasteiger charge is 2.19. The first-order valence-electron chi connectivity index (χ1n) is 5.30. The van der Waals surface area contributed by atoms with Crippen LogP contribution in [0.4, 0.5) is 4.39 Å². The first-order chi connectivity index (χ1) is 8.11. The topological polar surface area (TPSA) is 47.8 Å². The van der Waals surface area contributed by atoms with Gasteiger partial charge in [0.2, 0.25) is 0 Å². The monoisotopic (exact) mass is 233 g/mol. The maximum Gasteiger partial charge on any atom is 0.167 e. The van der Waals surface area contributed by atoms with Crippen LogP contribution in [0.25, 0.3) is 5.69 Å². The molecule has 1 heterocycles. The first-order valence-corrected chi connectivity index (χ1v) is 5.30. The van der Waals surface area contributed by atoms with Gasteiger partial charge in [-0.15, -0.1) is 4.80 Å². The molecule has 2 rings (SSSR count). The van der Waals surface area contributed by atoms with Crippen molar-refractivity contribution < 1.29 is 9.18 Å². The number of nitrogens with zero attached hydrogens (tertiary/aromatic N) is 3. The van der Waals surface area contributed by atoms with Crippen molar-refractivity contribution in [1.82, 2.24) is 15.0 Å². The fourth-order valence-corrected chi connectivity index (χ4v) is 1.56. The number of Topliss-reactive ketones (excluding diaryl/α,β-unsaturated/α-hetero) is 1. The van der Waals surface area contributed by atoms with E-state index in [1.54, 1.807) is 19.9 Å². The van der Waals surface area contributed by atoms with Gasteiger partial charge >= 0.3 is 0 Å². The molecule has 0 atom stereocenters. The zero-order valence-electron chi connectivity index (χ0n) is 9.59. The molecule has 0 N–H and O–H groups in total. The van der Waals surface area contributed by atoms with Gasteiger partial charge in [0.15, 0.2) is 11.6 Å². The smallest absolute Gasteiger partial charge is 0.167 e. The third kappa shape index (κ3) is 2.08. The number of aromatic nitrogens is 3. The second kappa shape index (κ2) is 4.45. The standard InChI is InChI=1S/C12H12FN3O/c1-8(2)12(17)9-4-3-5-10(13)11(9)16-14-6-7-15-16/h3-8H,1-2H3. The number of benzene rings is 1. The molecular formula is C12H12FN3O.